The number of fused-ring (bicyclic) bond motifs is 1. The second kappa shape index (κ2) is 4.56. The van der Waals surface area contributed by atoms with Gasteiger partial charge in [-0.2, -0.15) is 0 Å². The summed E-state index contributed by atoms with van der Waals surface area (Å²) in [5.41, 5.74) is 0.652. The van der Waals surface area contributed by atoms with Gasteiger partial charge in [-0.05, 0) is 25.5 Å². The molecule has 1 atom stereocenters. The van der Waals surface area contributed by atoms with Gasteiger partial charge in [0.1, 0.15) is 11.9 Å². The lowest BCUT2D eigenvalue weighted by atomic mass is 10.2. The van der Waals surface area contributed by atoms with Crippen LogP contribution < -0.4 is 9.04 Å². The summed E-state index contributed by atoms with van der Waals surface area (Å²) in [6, 6.07) is 7.27. The Kier molecular flexibility index (Phi) is 3.28. The van der Waals surface area contributed by atoms with Crippen molar-refractivity contribution in [3.8, 4) is 5.75 Å². The molecule has 5 heteroatoms. The van der Waals surface area contributed by atoms with Crippen molar-refractivity contribution in [1.29, 1.82) is 0 Å². The number of hydrogen-bond donors (Lipinski definition) is 0. The average molecular weight is 255 g/mol. The van der Waals surface area contributed by atoms with Gasteiger partial charge in [-0.1, -0.05) is 19.1 Å². The van der Waals surface area contributed by atoms with Gasteiger partial charge in [0.25, 0.3) is 0 Å². The fraction of sp³-hybridized carbons (Fsp3) is 0.500. The molecule has 94 valence electrons. The van der Waals surface area contributed by atoms with Crippen LogP contribution in [0.1, 0.15) is 20.3 Å². The molecule has 1 aliphatic rings. The summed E-state index contributed by atoms with van der Waals surface area (Å²) in [5, 5.41) is 0. The van der Waals surface area contributed by atoms with Crippen molar-refractivity contribution in [1.82, 2.24) is 0 Å². The van der Waals surface area contributed by atoms with Crippen molar-refractivity contribution in [3.63, 3.8) is 0 Å². The van der Waals surface area contributed by atoms with Crippen LogP contribution in [0.2, 0.25) is 0 Å². The monoisotopic (exact) mass is 255 g/mol. The summed E-state index contributed by atoms with van der Waals surface area (Å²) in [5.74, 6) is 0.819. The van der Waals surface area contributed by atoms with E-state index in [1.54, 1.807) is 12.1 Å². The Morgan fingerprint density at radius 2 is 2.12 bits per heavy atom. The maximum atomic E-state index is 12.2. The Labute approximate surface area is 102 Å². The van der Waals surface area contributed by atoms with Crippen LogP contribution in [0.5, 0.6) is 5.75 Å². The van der Waals surface area contributed by atoms with Gasteiger partial charge in [-0.25, -0.2) is 8.42 Å². The van der Waals surface area contributed by atoms with E-state index in [-0.39, 0.29) is 11.9 Å². The summed E-state index contributed by atoms with van der Waals surface area (Å²) in [6.45, 7) is 4.14. The van der Waals surface area contributed by atoms with Gasteiger partial charge < -0.3 is 4.74 Å². The Hall–Kier alpha value is -1.23. The maximum absolute atomic E-state index is 12.2. The van der Waals surface area contributed by atoms with Gasteiger partial charge in [-0.3, -0.25) is 4.31 Å². The van der Waals surface area contributed by atoms with E-state index >= 15 is 0 Å². The molecule has 1 aromatic carbocycles. The first-order valence-electron chi connectivity index (χ1n) is 5.80. The third-order valence-electron chi connectivity index (χ3n) is 2.68. The minimum Gasteiger partial charge on any atom is -0.487 e. The number of benzene rings is 1. The third kappa shape index (κ3) is 2.39. The topological polar surface area (TPSA) is 46.6 Å². The lowest BCUT2D eigenvalue weighted by Crippen LogP contribution is -2.43. The molecular formula is C12H17NO3S. The van der Waals surface area contributed by atoms with Crippen molar-refractivity contribution in [2.24, 2.45) is 0 Å². The standard InChI is InChI=1S/C12H17NO3S/c1-3-8-17(14,15)13-9-10(2)16-12-7-5-4-6-11(12)13/h4-7,10H,3,8-9H2,1-2H3. The van der Waals surface area contributed by atoms with E-state index in [4.69, 9.17) is 4.74 Å². The molecule has 4 nitrogen and oxygen atoms in total. The highest BCUT2D eigenvalue weighted by Gasteiger charge is 2.30. The number of ether oxygens (including phenoxy) is 1. The van der Waals surface area contributed by atoms with E-state index in [1.807, 2.05) is 26.0 Å². The summed E-state index contributed by atoms with van der Waals surface area (Å²) >= 11 is 0. The molecule has 0 radical (unpaired) electrons. The molecule has 0 aromatic heterocycles. The first kappa shape index (κ1) is 12.2. The minimum atomic E-state index is -3.23. The molecule has 0 saturated carbocycles. The van der Waals surface area contributed by atoms with E-state index in [2.05, 4.69) is 0 Å². The average Bonchev–Trinajstić information content (AvgIpc) is 2.27. The number of nitrogens with zero attached hydrogens (tertiary/aromatic N) is 1. The van der Waals surface area contributed by atoms with Gasteiger partial charge in [-0.15, -0.1) is 0 Å². The molecule has 0 bridgehead atoms. The van der Waals surface area contributed by atoms with Crippen molar-refractivity contribution in [3.05, 3.63) is 24.3 Å². The SMILES string of the molecule is CCCS(=O)(=O)N1CC(C)Oc2ccccc21. The normalized spacial score (nSPS) is 19.6. The highest BCUT2D eigenvalue weighted by Crippen LogP contribution is 2.34. The maximum Gasteiger partial charge on any atom is 0.235 e. The molecular weight excluding hydrogens is 238 g/mol. The van der Waals surface area contributed by atoms with Crippen molar-refractivity contribution in [2.75, 3.05) is 16.6 Å². The second-order valence-electron chi connectivity index (χ2n) is 4.24. The van der Waals surface area contributed by atoms with Gasteiger partial charge >= 0.3 is 0 Å². The Balaban J connectivity index is 2.43. The highest BCUT2D eigenvalue weighted by molar-refractivity contribution is 7.92. The van der Waals surface area contributed by atoms with Gasteiger partial charge in [0, 0.05) is 0 Å². The molecule has 1 aromatic rings. The first-order chi connectivity index (χ1) is 8.04. The molecule has 1 unspecified atom stereocenters. The molecule has 0 aliphatic carbocycles. The molecule has 0 spiro atoms. The van der Waals surface area contributed by atoms with Crippen molar-refractivity contribution < 1.29 is 13.2 Å². The number of hydrogen-bond acceptors (Lipinski definition) is 3. The Morgan fingerprint density at radius 3 is 2.82 bits per heavy atom. The fourth-order valence-corrected chi connectivity index (χ4v) is 3.60. The fourth-order valence-electron chi connectivity index (χ4n) is 1.98. The van der Waals surface area contributed by atoms with Crippen LogP contribution in [0.4, 0.5) is 5.69 Å². The van der Waals surface area contributed by atoms with Crippen LogP contribution in [-0.4, -0.2) is 26.8 Å². The minimum absolute atomic E-state index is 0.114. The number of anilines is 1. The molecule has 1 heterocycles. The van der Waals surface area contributed by atoms with Crippen LogP contribution >= 0.6 is 0 Å². The van der Waals surface area contributed by atoms with Gasteiger partial charge in [0.15, 0.2) is 0 Å². The van der Waals surface area contributed by atoms with Crippen LogP contribution in [0, 0.1) is 0 Å². The van der Waals surface area contributed by atoms with Gasteiger partial charge in [0.05, 0.1) is 18.0 Å². The molecule has 17 heavy (non-hydrogen) atoms. The van der Waals surface area contributed by atoms with Crippen LogP contribution in [-0.2, 0) is 10.0 Å². The van der Waals surface area contributed by atoms with Crippen molar-refractivity contribution >= 4 is 15.7 Å². The van der Waals surface area contributed by atoms with E-state index < -0.39 is 10.0 Å². The van der Waals surface area contributed by atoms with E-state index in [0.29, 0.717) is 24.4 Å². The lowest BCUT2D eigenvalue weighted by Gasteiger charge is -2.33. The zero-order valence-electron chi connectivity index (χ0n) is 10.1. The highest BCUT2D eigenvalue weighted by atomic mass is 32.2. The zero-order valence-corrected chi connectivity index (χ0v) is 10.9. The smallest absolute Gasteiger partial charge is 0.235 e. The molecule has 1 aliphatic heterocycles. The Bertz CT molecular complexity index is 498. The molecule has 0 amide bonds. The van der Waals surface area contributed by atoms with Crippen LogP contribution in [0.25, 0.3) is 0 Å². The molecule has 0 saturated heterocycles. The lowest BCUT2D eigenvalue weighted by molar-refractivity contribution is 0.219. The Morgan fingerprint density at radius 1 is 1.41 bits per heavy atom. The zero-order chi connectivity index (χ0) is 12.5. The predicted molar refractivity (Wildman–Crippen MR) is 68.0 cm³/mol. The molecule has 0 N–H and O–H groups in total. The summed E-state index contributed by atoms with van der Waals surface area (Å²) in [6.07, 6.45) is 0.507. The summed E-state index contributed by atoms with van der Waals surface area (Å²) < 4.78 is 31.4. The van der Waals surface area contributed by atoms with Crippen LogP contribution in [0.15, 0.2) is 24.3 Å². The number of rotatable bonds is 3. The second-order valence-corrected chi connectivity index (χ2v) is 6.26. The predicted octanol–water partition coefficient (Wildman–Crippen LogP) is 2.01. The van der Waals surface area contributed by atoms with E-state index in [0.717, 1.165) is 0 Å². The third-order valence-corrected chi connectivity index (χ3v) is 4.62. The summed E-state index contributed by atoms with van der Waals surface area (Å²) in [4.78, 5) is 0. The van der Waals surface area contributed by atoms with E-state index in [1.165, 1.54) is 4.31 Å². The molecule has 2 rings (SSSR count). The van der Waals surface area contributed by atoms with Crippen LogP contribution in [0.3, 0.4) is 0 Å². The number of para-hydroxylation sites is 2. The number of sulfonamides is 1. The van der Waals surface area contributed by atoms with Gasteiger partial charge in [0.2, 0.25) is 10.0 Å². The van der Waals surface area contributed by atoms with E-state index in [9.17, 15) is 8.42 Å². The summed E-state index contributed by atoms with van der Waals surface area (Å²) in [7, 11) is -3.23. The largest absolute Gasteiger partial charge is 0.487 e. The first-order valence-corrected chi connectivity index (χ1v) is 7.41. The molecule has 0 fully saturated rings. The quantitative estimate of drug-likeness (QED) is 0.830. The van der Waals surface area contributed by atoms with Crippen molar-refractivity contribution in [2.45, 2.75) is 26.4 Å².